The molecule has 9 nitrogen and oxygen atoms in total. The first-order chi connectivity index (χ1) is 13.5. The molecule has 0 aliphatic carbocycles. The third-order valence-corrected chi connectivity index (χ3v) is 6.78. The third-order valence-electron chi connectivity index (χ3n) is 5.42. The van der Waals surface area contributed by atoms with E-state index in [1.54, 1.807) is 53.3 Å². The summed E-state index contributed by atoms with van der Waals surface area (Å²) in [4.78, 5) is 24.3. The highest BCUT2D eigenvalue weighted by atomic mass is 32.2. The molecule has 0 aliphatic rings. The Labute approximate surface area is 166 Å². The number of aryl methyl sites for hydroxylation is 5. The molecule has 10 heteroatoms. The van der Waals surface area contributed by atoms with Gasteiger partial charge in [0.2, 0.25) is 0 Å². The topological polar surface area (TPSA) is 100 Å². The number of imidazole rings is 2. The van der Waals surface area contributed by atoms with Crippen molar-refractivity contribution >= 4 is 37.8 Å². The average Bonchev–Trinajstić information content (AvgIpc) is 3.02. The summed E-state index contributed by atoms with van der Waals surface area (Å²) in [5.74, 6) is 0. The van der Waals surface area contributed by atoms with Crippen LogP contribution in [-0.4, -0.2) is 26.7 Å². The lowest BCUT2D eigenvalue weighted by Crippen LogP contribution is -2.19. The maximum atomic E-state index is 13.0. The van der Waals surface area contributed by atoms with Gasteiger partial charge in [-0.05, 0) is 42.8 Å². The Morgan fingerprint density at radius 2 is 1.21 bits per heavy atom. The summed E-state index contributed by atoms with van der Waals surface area (Å²) in [5.41, 5.74) is 3.19. The van der Waals surface area contributed by atoms with Crippen LogP contribution in [0.5, 0.6) is 0 Å². The standard InChI is InChI=1S/C19H21N5O4S/c1-11-8-15-17(24(5)19(26)22(15)3)10-13(11)20-29(27,28)12-6-7-14-16(9-12)23(4)18(25)21(14)2/h6-10,20H,1-5H3. The monoisotopic (exact) mass is 415 g/mol. The van der Waals surface area contributed by atoms with Crippen molar-refractivity contribution in [2.24, 2.45) is 28.2 Å². The highest BCUT2D eigenvalue weighted by Gasteiger charge is 2.19. The molecule has 0 atom stereocenters. The molecule has 0 aliphatic heterocycles. The fourth-order valence-electron chi connectivity index (χ4n) is 3.62. The van der Waals surface area contributed by atoms with E-state index in [0.717, 1.165) is 5.52 Å². The number of hydrogen-bond acceptors (Lipinski definition) is 4. The van der Waals surface area contributed by atoms with E-state index in [9.17, 15) is 18.0 Å². The van der Waals surface area contributed by atoms with E-state index >= 15 is 0 Å². The SMILES string of the molecule is Cc1cc2c(cc1NS(=O)(=O)c1ccc3c(c1)n(C)c(=O)n3C)n(C)c(=O)n2C. The molecule has 2 aromatic heterocycles. The number of sulfonamides is 1. The zero-order chi connectivity index (χ0) is 21.2. The van der Waals surface area contributed by atoms with E-state index in [4.69, 9.17) is 0 Å². The van der Waals surface area contributed by atoms with Crippen LogP contribution in [0.4, 0.5) is 5.69 Å². The van der Waals surface area contributed by atoms with Crippen LogP contribution in [0.3, 0.4) is 0 Å². The maximum Gasteiger partial charge on any atom is 0.328 e. The molecule has 4 aromatic rings. The number of aromatic nitrogens is 4. The summed E-state index contributed by atoms with van der Waals surface area (Å²) in [6.45, 7) is 1.78. The lowest BCUT2D eigenvalue weighted by atomic mass is 10.2. The van der Waals surface area contributed by atoms with Crippen LogP contribution >= 0.6 is 0 Å². The number of hydrogen-bond donors (Lipinski definition) is 1. The minimum Gasteiger partial charge on any atom is -0.295 e. The van der Waals surface area contributed by atoms with Crippen LogP contribution < -0.4 is 16.1 Å². The first-order valence-electron chi connectivity index (χ1n) is 8.87. The Morgan fingerprint density at radius 1 is 0.724 bits per heavy atom. The average molecular weight is 415 g/mol. The van der Waals surface area contributed by atoms with Gasteiger partial charge in [-0.1, -0.05) is 0 Å². The smallest absolute Gasteiger partial charge is 0.295 e. The predicted octanol–water partition coefficient (Wildman–Crippen LogP) is 1.18. The minimum atomic E-state index is -3.90. The number of nitrogens with one attached hydrogen (secondary N) is 1. The van der Waals surface area contributed by atoms with Crippen molar-refractivity contribution in [3.05, 3.63) is 56.9 Å². The zero-order valence-corrected chi connectivity index (χ0v) is 17.5. The molecule has 2 heterocycles. The summed E-state index contributed by atoms with van der Waals surface area (Å²) in [6.07, 6.45) is 0. The molecule has 29 heavy (non-hydrogen) atoms. The van der Waals surface area contributed by atoms with Crippen molar-refractivity contribution in [1.82, 2.24) is 18.3 Å². The van der Waals surface area contributed by atoms with Gasteiger partial charge in [0, 0.05) is 28.2 Å². The van der Waals surface area contributed by atoms with Gasteiger partial charge in [0.15, 0.2) is 0 Å². The van der Waals surface area contributed by atoms with E-state index in [2.05, 4.69) is 4.72 Å². The van der Waals surface area contributed by atoms with Gasteiger partial charge < -0.3 is 0 Å². The van der Waals surface area contributed by atoms with E-state index in [1.165, 1.54) is 30.4 Å². The van der Waals surface area contributed by atoms with Crippen molar-refractivity contribution in [3.63, 3.8) is 0 Å². The Balaban J connectivity index is 1.83. The fourth-order valence-corrected chi connectivity index (χ4v) is 4.76. The van der Waals surface area contributed by atoms with Crippen molar-refractivity contribution in [2.75, 3.05) is 4.72 Å². The molecule has 0 bridgehead atoms. The lowest BCUT2D eigenvalue weighted by molar-refractivity contribution is 0.601. The van der Waals surface area contributed by atoms with Gasteiger partial charge in [-0.2, -0.15) is 0 Å². The van der Waals surface area contributed by atoms with Crippen LogP contribution in [0.25, 0.3) is 22.1 Å². The van der Waals surface area contributed by atoms with E-state index in [0.29, 0.717) is 27.8 Å². The molecule has 0 spiro atoms. The Bertz CT molecular complexity index is 1530. The number of fused-ring (bicyclic) bond motifs is 2. The van der Waals surface area contributed by atoms with Gasteiger partial charge in [0.1, 0.15) is 0 Å². The van der Waals surface area contributed by atoms with Gasteiger partial charge in [-0.25, -0.2) is 18.0 Å². The highest BCUT2D eigenvalue weighted by Crippen LogP contribution is 2.26. The van der Waals surface area contributed by atoms with Gasteiger partial charge in [0.05, 0.1) is 32.6 Å². The van der Waals surface area contributed by atoms with Crippen molar-refractivity contribution in [1.29, 1.82) is 0 Å². The van der Waals surface area contributed by atoms with Crippen molar-refractivity contribution in [2.45, 2.75) is 11.8 Å². The maximum absolute atomic E-state index is 13.0. The van der Waals surface area contributed by atoms with Crippen LogP contribution in [0.2, 0.25) is 0 Å². The van der Waals surface area contributed by atoms with Gasteiger partial charge in [0.25, 0.3) is 10.0 Å². The molecular formula is C19H21N5O4S. The second-order valence-electron chi connectivity index (χ2n) is 7.21. The number of benzene rings is 2. The first kappa shape index (κ1) is 19.1. The molecule has 0 saturated carbocycles. The number of anilines is 1. The summed E-state index contributed by atoms with van der Waals surface area (Å²) >= 11 is 0. The molecule has 152 valence electrons. The largest absolute Gasteiger partial charge is 0.328 e. The summed E-state index contributed by atoms with van der Waals surface area (Å²) < 4.78 is 34.5. The molecule has 1 N–H and O–H groups in total. The molecule has 0 radical (unpaired) electrons. The van der Waals surface area contributed by atoms with Crippen LogP contribution in [0.15, 0.2) is 44.8 Å². The van der Waals surface area contributed by atoms with Crippen LogP contribution in [-0.2, 0) is 38.2 Å². The molecular weight excluding hydrogens is 394 g/mol. The lowest BCUT2D eigenvalue weighted by Gasteiger charge is -2.12. The molecule has 0 fully saturated rings. The minimum absolute atomic E-state index is 0.0487. The summed E-state index contributed by atoms with van der Waals surface area (Å²) in [6, 6.07) is 7.99. The zero-order valence-electron chi connectivity index (χ0n) is 16.7. The van der Waals surface area contributed by atoms with Crippen molar-refractivity contribution in [3.8, 4) is 0 Å². The van der Waals surface area contributed by atoms with Gasteiger partial charge in [-0.3, -0.25) is 23.0 Å². The van der Waals surface area contributed by atoms with Crippen molar-refractivity contribution < 1.29 is 8.42 Å². The Hall–Kier alpha value is -3.27. The fraction of sp³-hybridized carbons (Fsp3) is 0.263. The van der Waals surface area contributed by atoms with E-state index in [-0.39, 0.29) is 16.3 Å². The molecule has 4 rings (SSSR count). The Kier molecular flexibility index (Phi) is 4.02. The highest BCUT2D eigenvalue weighted by molar-refractivity contribution is 7.92. The normalized spacial score (nSPS) is 12.2. The number of rotatable bonds is 3. The van der Waals surface area contributed by atoms with Gasteiger partial charge in [-0.15, -0.1) is 0 Å². The van der Waals surface area contributed by atoms with E-state index < -0.39 is 10.0 Å². The predicted molar refractivity (Wildman–Crippen MR) is 112 cm³/mol. The molecule has 2 aromatic carbocycles. The third kappa shape index (κ3) is 2.70. The van der Waals surface area contributed by atoms with E-state index in [1.807, 2.05) is 0 Å². The molecule has 0 unspecified atom stereocenters. The summed E-state index contributed by atoms with van der Waals surface area (Å²) in [5, 5.41) is 0. The summed E-state index contributed by atoms with van der Waals surface area (Å²) in [7, 11) is 2.65. The molecule has 0 saturated heterocycles. The molecule has 0 amide bonds. The number of nitrogens with zero attached hydrogens (tertiary/aromatic N) is 4. The Morgan fingerprint density at radius 3 is 1.79 bits per heavy atom. The second kappa shape index (κ2) is 6.11. The van der Waals surface area contributed by atoms with Gasteiger partial charge >= 0.3 is 11.4 Å². The second-order valence-corrected chi connectivity index (χ2v) is 8.90. The van der Waals surface area contributed by atoms with Crippen LogP contribution in [0.1, 0.15) is 5.56 Å². The first-order valence-corrected chi connectivity index (χ1v) is 10.4. The van der Waals surface area contributed by atoms with Crippen LogP contribution in [0, 0.1) is 6.92 Å². The quantitative estimate of drug-likeness (QED) is 0.543.